The van der Waals surface area contributed by atoms with Crippen LogP contribution < -0.4 is 10.2 Å². The zero-order chi connectivity index (χ0) is 15.9. The largest absolute Gasteiger partial charge is 0.377 e. The number of amides is 1. The number of aromatic nitrogens is 1. The van der Waals surface area contributed by atoms with Crippen molar-refractivity contribution in [3.63, 3.8) is 0 Å². The Balaban J connectivity index is 2.15. The molecule has 0 bridgehead atoms. The first kappa shape index (κ1) is 16.0. The minimum Gasteiger partial charge on any atom is -0.377 e. The van der Waals surface area contributed by atoms with Crippen LogP contribution in [0, 0.1) is 0 Å². The summed E-state index contributed by atoms with van der Waals surface area (Å²) in [5, 5.41) is 2.91. The first-order valence-electron chi connectivity index (χ1n) is 7.22. The van der Waals surface area contributed by atoms with Crippen LogP contribution in [0.2, 0.25) is 0 Å². The zero-order valence-corrected chi connectivity index (χ0v) is 13.2. The van der Waals surface area contributed by atoms with E-state index in [4.69, 9.17) is 4.74 Å². The topological polar surface area (TPSA) is 54.5 Å². The van der Waals surface area contributed by atoms with Gasteiger partial charge in [-0.25, -0.2) is 4.98 Å². The molecule has 0 fully saturated rings. The van der Waals surface area contributed by atoms with Crippen LogP contribution >= 0.6 is 0 Å². The van der Waals surface area contributed by atoms with Crippen molar-refractivity contribution < 1.29 is 9.53 Å². The number of hydrogen-bond donors (Lipinski definition) is 1. The molecule has 1 amide bonds. The predicted octanol–water partition coefficient (Wildman–Crippen LogP) is 2.94. The molecular formula is C17H21N3O2. The second kappa shape index (κ2) is 7.56. The number of carbonyl (C=O) groups excluding carboxylic acids is 1. The highest BCUT2D eigenvalue weighted by atomic mass is 16.5. The van der Waals surface area contributed by atoms with Gasteiger partial charge in [0.15, 0.2) is 0 Å². The molecule has 0 unspecified atom stereocenters. The minimum atomic E-state index is -0.176. The quantitative estimate of drug-likeness (QED) is 0.891. The van der Waals surface area contributed by atoms with Gasteiger partial charge < -0.3 is 15.0 Å². The molecule has 0 saturated heterocycles. The zero-order valence-electron chi connectivity index (χ0n) is 13.2. The monoisotopic (exact) mass is 299 g/mol. The molecule has 2 aromatic rings. The maximum Gasteiger partial charge on any atom is 0.259 e. The second-order valence-corrected chi connectivity index (χ2v) is 5.06. The average molecular weight is 299 g/mol. The van der Waals surface area contributed by atoms with Crippen molar-refractivity contribution >= 4 is 17.4 Å². The molecule has 0 aliphatic heterocycles. The summed E-state index contributed by atoms with van der Waals surface area (Å²) in [6, 6.07) is 11.2. The third kappa shape index (κ3) is 4.05. The SMILES string of the molecule is CCOCc1cccc(NC(=O)c2cccnc2N(C)C)c1. The Kier molecular flexibility index (Phi) is 5.49. The van der Waals surface area contributed by atoms with E-state index in [-0.39, 0.29) is 5.91 Å². The summed E-state index contributed by atoms with van der Waals surface area (Å²) in [6.07, 6.45) is 1.68. The van der Waals surface area contributed by atoms with Crippen molar-refractivity contribution in [1.29, 1.82) is 0 Å². The van der Waals surface area contributed by atoms with Crippen molar-refractivity contribution in [2.75, 3.05) is 30.9 Å². The van der Waals surface area contributed by atoms with Gasteiger partial charge in [-0.1, -0.05) is 12.1 Å². The van der Waals surface area contributed by atoms with E-state index in [1.807, 2.05) is 50.2 Å². The predicted molar refractivity (Wildman–Crippen MR) is 88.3 cm³/mol. The number of hydrogen-bond acceptors (Lipinski definition) is 4. The van der Waals surface area contributed by atoms with Gasteiger partial charge in [-0.15, -0.1) is 0 Å². The third-order valence-corrected chi connectivity index (χ3v) is 3.11. The summed E-state index contributed by atoms with van der Waals surface area (Å²) in [4.78, 5) is 18.5. The van der Waals surface area contributed by atoms with Crippen molar-refractivity contribution in [3.05, 3.63) is 53.7 Å². The normalized spacial score (nSPS) is 10.3. The number of anilines is 2. The molecule has 22 heavy (non-hydrogen) atoms. The van der Waals surface area contributed by atoms with Gasteiger partial charge in [0, 0.05) is 32.6 Å². The summed E-state index contributed by atoms with van der Waals surface area (Å²) in [5.74, 6) is 0.468. The lowest BCUT2D eigenvalue weighted by Gasteiger charge is -2.15. The summed E-state index contributed by atoms with van der Waals surface area (Å²) >= 11 is 0. The summed E-state index contributed by atoms with van der Waals surface area (Å²) in [6.45, 7) is 3.16. The van der Waals surface area contributed by atoms with Gasteiger partial charge in [0.05, 0.1) is 12.2 Å². The molecule has 5 heteroatoms. The Morgan fingerprint density at radius 1 is 1.27 bits per heavy atom. The number of rotatable bonds is 6. The van der Waals surface area contributed by atoms with Crippen LogP contribution in [0.3, 0.4) is 0 Å². The molecule has 1 N–H and O–H groups in total. The Morgan fingerprint density at radius 2 is 2.09 bits per heavy atom. The molecular weight excluding hydrogens is 278 g/mol. The van der Waals surface area contributed by atoms with Crippen LogP contribution in [-0.4, -0.2) is 31.6 Å². The summed E-state index contributed by atoms with van der Waals surface area (Å²) in [5.41, 5.74) is 2.32. The number of ether oxygens (including phenoxy) is 1. The van der Waals surface area contributed by atoms with E-state index in [1.54, 1.807) is 18.3 Å². The third-order valence-electron chi connectivity index (χ3n) is 3.11. The van der Waals surface area contributed by atoms with Crippen LogP contribution in [0.5, 0.6) is 0 Å². The fourth-order valence-corrected chi connectivity index (χ4v) is 2.09. The molecule has 1 aromatic heterocycles. The van der Waals surface area contributed by atoms with E-state index in [9.17, 15) is 4.79 Å². The molecule has 5 nitrogen and oxygen atoms in total. The smallest absolute Gasteiger partial charge is 0.259 e. The first-order chi connectivity index (χ1) is 10.6. The molecule has 0 atom stereocenters. The van der Waals surface area contributed by atoms with E-state index in [0.717, 1.165) is 11.3 Å². The highest BCUT2D eigenvalue weighted by Crippen LogP contribution is 2.18. The van der Waals surface area contributed by atoms with Crippen LogP contribution in [0.15, 0.2) is 42.6 Å². The van der Waals surface area contributed by atoms with Crippen molar-refractivity contribution in [2.24, 2.45) is 0 Å². The Bertz CT molecular complexity index is 641. The highest BCUT2D eigenvalue weighted by Gasteiger charge is 2.13. The van der Waals surface area contributed by atoms with Crippen molar-refractivity contribution in [1.82, 2.24) is 4.98 Å². The van der Waals surface area contributed by atoms with Gasteiger partial charge in [-0.3, -0.25) is 4.79 Å². The van der Waals surface area contributed by atoms with E-state index in [2.05, 4.69) is 10.3 Å². The number of nitrogens with one attached hydrogen (secondary N) is 1. The molecule has 0 saturated carbocycles. The van der Waals surface area contributed by atoms with Crippen molar-refractivity contribution in [2.45, 2.75) is 13.5 Å². The second-order valence-electron chi connectivity index (χ2n) is 5.06. The van der Waals surface area contributed by atoms with Gasteiger partial charge in [-0.2, -0.15) is 0 Å². The van der Waals surface area contributed by atoms with E-state index < -0.39 is 0 Å². The first-order valence-corrected chi connectivity index (χ1v) is 7.22. The lowest BCUT2D eigenvalue weighted by Crippen LogP contribution is -2.19. The van der Waals surface area contributed by atoms with Gasteiger partial charge in [0.1, 0.15) is 5.82 Å². The van der Waals surface area contributed by atoms with Gasteiger partial charge in [0.2, 0.25) is 0 Å². The minimum absolute atomic E-state index is 0.176. The maximum atomic E-state index is 12.5. The number of benzene rings is 1. The maximum absolute atomic E-state index is 12.5. The van der Waals surface area contributed by atoms with E-state index in [1.165, 1.54) is 0 Å². The summed E-state index contributed by atoms with van der Waals surface area (Å²) < 4.78 is 5.39. The molecule has 0 radical (unpaired) electrons. The standard InChI is InChI=1S/C17H21N3O2/c1-4-22-12-13-7-5-8-14(11-13)19-17(21)15-9-6-10-18-16(15)20(2)3/h5-11H,4,12H2,1-3H3,(H,19,21). The van der Waals surface area contributed by atoms with Gasteiger partial charge in [0.25, 0.3) is 5.91 Å². The fourth-order valence-electron chi connectivity index (χ4n) is 2.09. The van der Waals surface area contributed by atoms with E-state index >= 15 is 0 Å². The molecule has 1 aromatic carbocycles. The molecule has 0 spiro atoms. The highest BCUT2D eigenvalue weighted by molar-refractivity contribution is 6.07. The molecule has 116 valence electrons. The van der Waals surface area contributed by atoms with E-state index in [0.29, 0.717) is 24.6 Å². The van der Waals surface area contributed by atoms with Crippen LogP contribution in [0.25, 0.3) is 0 Å². The van der Waals surface area contributed by atoms with Gasteiger partial charge in [-0.05, 0) is 36.8 Å². The Hall–Kier alpha value is -2.40. The number of nitrogens with zero attached hydrogens (tertiary/aromatic N) is 2. The number of pyridine rings is 1. The molecule has 0 aliphatic rings. The lowest BCUT2D eigenvalue weighted by molar-refractivity contribution is 0.102. The lowest BCUT2D eigenvalue weighted by atomic mass is 10.2. The Morgan fingerprint density at radius 3 is 2.82 bits per heavy atom. The fraction of sp³-hybridized carbons (Fsp3) is 0.294. The van der Waals surface area contributed by atoms with Crippen LogP contribution in [0.1, 0.15) is 22.8 Å². The molecule has 0 aliphatic carbocycles. The average Bonchev–Trinajstić information content (AvgIpc) is 2.53. The van der Waals surface area contributed by atoms with Crippen LogP contribution in [0.4, 0.5) is 11.5 Å². The molecule has 2 rings (SSSR count). The Labute approximate surface area is 130 Å². The number of carbonyl (C=O) groups is 1. The molecule has 1 heterocycles. The van der Waals surface area contributed by atoms with Crippen LogP contribution in [-0.2, 0) is 11.3 Å². The van der Waals surface area contributed by atoms with Gasteiger partial charge >= 0.3 is 0 Å². The summed E-state index contributed by atoms with van der Waals surface area (Å²) in [7, 11) is 3.73. The van der Waals surface area contributed by atoms with Crippen molar-refractivity contribution in [3.8, 4) is 0 Å².